The van der Waals surface area contributed by atoms with Gasteiger partial charge in [0.25, 0.3) is 0 Å². The van der Waals surface area contributed by atoms with Gasteiger partial charge in [-0.3, -0.25) is 9.36 Å². The van der Waals surface area contributed by atoms with Gasteiger partial charge < -0.3 is 15.0 Å². The summed E-state index contributed by atoms with van der Waals surface area (Å²) in [6.45, 7) is 8.59. The smallest absolute Gasteiger partial charge is 0.230 e. The maximum atomic E-state index is 12.9. The summed E-state index contributed by atoms with van der Waals surface area (Å²) in [4.78, 5) is 14.4. The second kappa shape index (κ2) is 10.6. The number of rotatable bonds is 9. The summed E-state index contributed by atoms with van der Waals surface area (Å²) in [6, 6.07) is 6.33. The third-order valence-corrected chi connectivity index (χ3v) is 5.49. The van der Waals surface area contributed by atoms with E-state index in [1.54, 1.807) is 12.1 Å². The van der Waals surface area contributed by atoms with Crippen LogP contribution in [0.5, 0.6) is 0 Å². The van der Waals surface area contributed by atoms with E-state index in [4.69, 9.17) is 4.74 Å². The average molecular weight is 422 g/mol. The van der Waals surface area contributed by atoms with Gasteiger partial charge in [-0.05, 0) is 30.0 Å². The molecule has 1 aliphatic heterocycles. The molecule has 0 unspecified atom stereocenters. The maximum Gasteiger partial charge on any atom is 0.230 e. The molecule has 9 heteroatoms. The summed E-state index contributed by atoms with van der Waals surface area (Å²) in [7, 11) is 0. The van der Waals surface area contributed by atoms with Gasteiger partial charge >= 0.3 is 0 Å². The molecule has 0 saturated carbocycles. The molecule has 29 heavy (non-hydrogen) atoms. The fraction of sp³-hybridized carbons (Fsp3) is 0.550. The summed E-state index contributed by atoms with van der Waals surface area (Å²) in [6.07, 6.45) is 0.668. The summed E-state index contributed by atoms with van der Waals surface area (Å²) >= 11 is 1.40. The number of carbonyl (C=O) groups is 1. The third-order valence-electron chi connectivity index (χ3n) is 4.52. The van der Waals surface area contributed by atoms with Crippen molar-refractivity contribution >= 4 is 23.6 Å². The second-order valence-corrected chi connectivity index (χ2v) is 8.34. The van der Waals surface area contributed by atoms with E-state index in [1.165, 1.54) is 23.9 Å². The van der Waals surface area contributed by atoms with Gasteiger partial charge in [-0.2, -0.15) is 0 Å². The van der Waals surface area contributed by atoms with Crippen molar-refractivity contribution in [1.82, 2.24) is 20.1 Å². The van der Waals surface area contributed by atoms with Crippen molar-refractivity contribution in [2.75, 3.05) is 43.5 Å². The number of hydrogen-bond acceptors (Lipinski definition) is 6. The predicted octanol–water partition coefficient (Wildman–Crippen LogP) is 2.36. The Morgan fingerprint density at radius 3 is 2.66 bits per heavy atom. The summed E-state index contributed by atoms with van der Waals surface area (Å²) in [5.41, 5.74) is 0.992. The van der Waals surface area contributed by atoms with Crippen molar-refractivity contribution in [3.05, 3.63) is 35.6 Å². The first-order valence-electron chi connectivity index (χ1n) is 9.92. The van der Waals surface area contributed by atoms with Crippen molar-refractivity contribution in [2.24, 2.45) is 5.92 Å². The maximum absolute atomic E-state index is 12.9. The Morgan fingerprint density at radius 2 is 1.97 bits per heavy atom. The lowest BCUT2D eigenvalue weighted by atomic mass is 10.1. The molecule has 1 aromatic heterocycles. The molecule has 1 fully saturated rings. The van der Waals surface area contributed by atoms with Crippen LogP contribution in [0.1, 0.15) is 19.4 Å². The van der Waals surface area contributed by atoms with E-state index in [0.29, 0.717) is 32.1 Å². The summed E-state index contributed by atoms with van der Waals surface area (Å²) in [5, 5.41) is 12.4. The van der Waals surface area contributed by atoms with Crippen molar-refractivity contribution in [3.8, 4) is 0 Å². The molecule has 1 saturated heterocycles. The highest BCUT2D eigenvalue weighted by atomic mass is 32.2. The molecular formula is C20H28FN5O2S. The first-order valence-corrected chi connectivity index (χ1v) is 10.9. The number of halogens is 1. The van der Waals surface area contributed by atoms with E-state index >= 15 is 0 Å². The van der Waals surface area contributed by atoms with Crippen molar-refractivity contribution < 1.29 is 13.9 Å². The van der Waals surface area contributed by atoms with Gasteiger partial charge in [-0.25, -0.2) is 4.39 Å². The zero-order chi connectivity index (χ0) is 20.6. The van der Waals surface area contributed by atoms with Crippen LogP contribution in [-0.4, -0.2) is 59.3 Å². The molecule has 158 valence electrons. The SMILES string of the molecule is CC(C)Cn1c(SCC(=O)NCCc2ccc(F)cc2)nnc1N1CCOCC1. The van der Waals surface area contributed by atoms with Gasteiger partial charge in [-0.1, -0.05) is 37.7 Å². The predicted molar refractivity (Wildman–Crippen MR) is 112 cm³/mol. The molecule has 2 heterocycles. The summed E-state index contributed by atoms with van der Waals surface area (Å²) < 4.78 is 20.5. The van der Waals surface area contributed by atoms with Gasteiger partial charge in [0, 0.05) is 26.2 Å². The second-order valence-electron chi connectivity index (χ2n) is 7.40. The normalized spacial score (nSPS) is 14.4. The molecule has 0 radical (unpaired) electrons. The average Bonchev–Trinajstić information content (AvgIpc) is 3.10. The largest absolute Gasteiger partial charge is 0.378 e. The van der Waals surface area contributed by atoms with E-state index in [-0.39, 0.29) is 17.5 Å². The minimum absolute atomic E-state index is 0.0517. The van der Waals surface area contributed by atoms with E-state index in [1.807, 2.05) is 0 Å². The Morgan fingerprint density at radius 1 is 1.24 bits per heavy atom. The molecule has 2 aromatic rings. The first kappa shape index (κ1) is 21.6. The van der Waals surface area contributed by atoms with Crippen LogP contribution >= 0.6 is 11.8 Å². The molecule has 7 nitrogen and oxygen atoms in total. The quantitative estimate of drug-likeness (QED) is 0.627. The van der Waals surface area contributed by atoms with Crippen LogP contribution in [0.25, 0.3) is 0 Å². The minimum Gasteiger partial charge on any atom is -0.378 e. The van der Waals surface area contributed by atoms with Crippen LogP contribution in [0.2, 0.25) is 0 Å². The molecule has 1 amide bonds. The number of nitrogens with one attached hydrogen (secondary N) is 1. The van der Waals surface area contributed by atoms with Crippen LogP contribution in [0.3, 0.4) is 0 Å². The van der Waals surface area contributed by atoms with Gasteiger partial charge in [0.2, 0.25) is 11.9 Å². The molecular weight excluding hydrogens is 393 g/mol. The highest BCUT2D eigenvalue weighted by molar-refractivity contribution is 7.99. The van der Waals surface area contributed by atoms with Crippen LogP contribution < -0.4 is 10.2 Å². The van der Waals surface area contributed by atoms with Crippen molar-refractivity contribution in [1.29, 1.82) is 0 Å². The molecule has 0 spiro atoms. The lowest BCUT2D eigenvalue weighted by molar-refractivity contribution is -0.118. The number of benzene rings is 1. The molecule has 1 aromatic carbocycles. The van der Waals surface area contributed by atoms with Crippen molar-refractivity contribution in [2.45, 2.75) is 32.0 Å². The fourth-order valence-corrected chi connectivity index (χ4v) is 3.86. The van der Waals surface area contributed by atoms with E-state index in [2.05, 4.69) is 38.8 Å². The van der Waals surface area contributed by atoms with Crippen LogP contribution in [-0.2, 0) is 22.5 Å². The Kier molecular flexibility index (Phi) is 7.88. The zero-order valence-electron chi connectivity index (χ0n) is 16.9. The molecule has 1 aliphatic rings. The lowest BCUT2D eigenvalue weighted by Gasteiger charge is -2.28. The van der Waals surface area contributed by atoms with Crippen LogP contribution in [0, 0.1) is 11.7 Å². The van der Waals surface area contributed by atoms with Crippen LogP contribution in [0.4, 0.5) is 10.3 Å². The highest BCUT2D eigenvalue weighted by Gasteiger charge is 2.21. The Bertz CT molecular complexity index is 791. The van der Waals surface area contributed by atoms with Crippen molar-refractivity contribution in [3.63, 3.8) is 0 Å². The van der Waals surface area contributed by atoms with E-state index in [9.17, 15) is 9.18 Å². The topological polar surface area (TPSA) is 72.3 Å². The van der Waals surface area contributed by atoms with Gasteiger partial charge in [-0.15, -0.1) is 10.2 Å². The van der Waals surface area contributed by atoms with E-state index in [0.717, 1.165) is 36.3 Å². The number of thioether (sulfide) groups is 1. The number of amides is 1. The Labute approximate surface area is 175 Å². The van der Waals surface area contributed by atoms with Crippen LogP contribution in [0.15, 0.2) is 29.4 Å². The zero-order valence-corrected chi connectivity index (χ0v) is 17.8. The standard InChI is InChI=1S/C20H28FN5O2S/c1-15(2)13-26-19(25-9-11-28-12-10-25)23-24-20(26)29-14-18(27)22-8-7-16-3-5-17(21)6-4-16/h3-6,15H,7-14H2,1-2H3,(H,22,27). The number of hydrogen-bond donors (Lipinski definition) is 1. The van der Waals surface area contributed by atoms with Gasteiger partial charge in [0.05, 0.1) is 19.0 Å². The number of anilines is 1. The third kappa shape index (κ3) is 6.43. The number of carbonyl (C=O) groups excluding carboxylic acids is 1. The number of aromatic nitrogens is 3. The van der Waals surface area contributed by atoms with Gasteiger partial charge in [0.1, 0.15) is 5.82 Å². The minimum atomic E-state index is -0.254. The molecule has 3 rings (SSSR count). The fourth-order valence-electron chi connectivity index (χ4n) is 3.09. The molecule has 0 bridgehead atoms. The number of ether oxygens (including phenoxy) is 1. The van der Waals surface area contributed by atoms with E-state index < -0.39 is 0 Å². The Hall–Kier alpha value is -2.13. The number of morpholine rings is 1. The first-order chi connectivity index (χ1) is 14.0. The Balaban J connectivity index is 1.52. The lowest BCUT2D eigenvalue weighted by Crippen LogP contribution is -2.38. The monoisotopic (exact) mass is 421 g/mol. The summed E-state index contributed by atoms with van der Waals surface area (Å²) in [5.74, 6) is 1.26. The highest BCUT2D eigenvalue weighted by Crippen LogP contribution is 2.24. The van der Waals surface area contributed by atoms with Gasteiger partial charge in [0.15, 0.2) is 5.16 Å². The molecule has 0 atom stereocenters. The molecule has 0 aliphatic carbocycles. The molecule has 1 N–H and O–H groups in total. The number of nitrogens with zero attached hydrogens (tertiary/aromatic N) is 4.